The summed E-state index contributed by atoms with van der Waals surface area (Å²) in [5.41, 5.74) is 1.61. The molecule has 0 bridgehead atoms. The van der Waals surface area contributed by atoms with E-state index in [0.717, 1.165) is 12.8 Å². The highest BCUT2D eigenvalue weighted by Crippen LogP contribution is 2.26. The van der Waals surface area contributed by atoms with Crippen molar-refractivity contribution in [1.29, 1.82) is 0 Å². The van der Waals surface area contributed by atoms with Crippen LogP contribution in [0.25, 0.3) is 0 Å². The van der Waals surface area contributed by atoms with Gasteiger partial charge in [0, 0.05) is 24.2 Å². The molecular weight excluding hydrogens is 376 g/mol. The number of thiophene rings is 1. The summed E-state index contributed by atoms with van der Waals surface area (Å²) in [4.78, 5) is 27.3. The van der Waals surface area contributed by atoms with Gasteiger partial charge in [0.15, 0.2) is 0 Å². The molecule has 0 saturated carbocycles. The van der Waals surface area contributed by atoms with Gasteiger partial charge in [0.2, 0.25) is 0 Å². The quantitative estimate of drug-likeness (QED) is 0.715. The van der Waals surface area contributed by atoms with Crippen molar-refractivity contribution in [3.63, 3.8) is 0 Å². The Balaban J connectivity index is 1.42. The average Bonchev–Trinajstić information content (AvgIpc) is 3.43. The van der Waals surface area contributed by atoms with Crippen molar-refractivity contribution in [3.8, 4) is 0 Å². The maximum Gasteiger partial charge on any atom is 0.339 e. The molecule has 0 atom stereocenters. The summed E-state index contributed by atoms with van der Waals surface area (Å²) in [6, 6.07) is 7.99. The fourth-order valence-corrected chi connectivity index (χ4v) is 4.50. The Labute approximate surface area is 166 Å². The lowest BCUT2D eigenvalue weighted by Gasteiger charge is -2.32. The molecule has 146 valence electrons. The van der Waals surface area contributed by atoms with Gasteiger partial charge in [0.1, 0.15) is 11.3 Å². The van der Waals surface area contributed by atoms with Crippen molar-refractivity contribution in [2.24, 2.45) is 0 Å². The van der Waals surface area contributed by atoms with E-state index in [-0.39, 0.29) is 17.5 Å². The van der Waals surface area contributed by atoms with Crippen LogP contribution < -0.4 is 0 Å². The third-order valence-corrected chi connectivity index (χ3v) is 6.19. The third kappa shape index (κ3) is 3.47. The highest BCUT2D eigenvalue weighted by molar-refractivity contribution is 7.09. The molecule has 1 aliphatic rings. The molecule has 1 N–H and O–H groups in total. The van der Waals surface area contributed by atoms with Gasteiger partial charge < -0.3 is 14.6 Å². The predicted molar refractivity (Wildman–Crippen MR) is 106 cm³/mol. The van der Waals surface area contributed by atoms with Gasteiger partial charge in [-0.1, -0.05) is 6.07 Å². The number of carbonyl (C=O) groups is 2. The van der Waals surface area contributed by atoms with Crippen LogP contribution in [0.5, 0.6) is 0 Å². The Morgan fingerprint density at radius 2 is 2.04 bits per heavy atom. The zero-order valence-corrected chi connectivity index (χ0v) is 16.4. The van der Waals surface area contributed by atoms with Gasteiger partial charge in [0.05, 0.1) is 24.5 Å². The molecule has 3 aromatic rings. The second kappa shape index (κ2) is 7.63. The minimum absolute atomic E-state index is 0.0448. The molecular formula is C20H22N4O3S. The van der Waals surface area contributed by atoms with Crippen LogP contribution in [0.15, 0.2) is 42.0 Å². The van der Waals surface area contributed by atoms with E-state index in [9.17, 15) is 14.7 Å². The van der Waals surface area contributed by atoms with Gasteiger partial charge in [-0.15, -0.1) is 11.3 Å². The van der Waals surface area contributed by atoms with Crippen LogP contribution in [-0.2, 0) is 6.54 Å². The maximum absolute atomic E-state index is 13.0. The molecule has 28 heavy (non-hydrogen) atoms. The van der Waals surface area contributed by atoms with Crippen LogP contribution in [0.2, 0.25) is 0 Å². The number of carboxylic acid groups (broad SMARTS) is 1. The number of aromatic nitrogens is 3. The summed E-state index contributed by atoms with van der Waals surface area (Å²) in [5.74, 6) is -0.911. The minimum atomic E-state index is -0.956. The van der Waals surface area contributed by atoms with Crippen LogP contribution >= 0.6 is 11.3 Å². The number of rotatable bonds is 5. The van der Waals surface area contributed by atoms with Crippen LogP contribution in [0.1, 0.15) is 50.3 Å². The maximum atomic E-state index is 13.0. The number of nitrogens with zero attached hydrogens (tertiary/aromatic N) is 4. The predicted octanol–water partition coefficient (Wildman–Crippen LogP) is 3.28. The summed E-state index contributed by atoms with van der Waals surface area (Å²) < 4.78 is 3.79. The van der Waals surface area contributed by atoms with E-state index in [4.69, 9.17) is 0 Å². The normalized spacial score (nSPS) is 15.1. The van der Waals surface area contributed by atoms with Crippen molar-refractivity contribution in [2.45, 2.75) is 32.4 Å². The molecule has 0 aromatic carbocycles. The number of likely N-dealkylation sites (tertiary alicyclic amines) is 1. The topological polar surface area (TPSA) is 80.4 Å². The van der Waals surface area contributed by atoms with Crippen molar-refractivity contribution < 1.29 is 14.7 Å². The van der Waals surface area contributed by atoms with E-state index in [1.807, 2.05) is 39.2 Å². The number of hydrogen-bond acceptors (Lipinski definition) is 4. The molecule has 1 amide bonds. The van der Waals surface area contributed by atoms with E-state index in [2.05, 4.69) is 11.2 Å². The number of carbonyl (C=O) groups excluding carboxylic acids is 1. The zero-order valence-electron chi connectivity index (χ0n) is 15.6. The van der Waals surface area contributed by atoms with Gasteiger partial charge >= 0.3 is 5.97 Å². The van der Waals surface area contributed by atoms with Gasteiger partial charge in [-0.25, -0.2) is 4.79 Å². The zero-order chi connectivity index (χ0) is 19.7. The fourth-order valence-electron chi connectivity index (χ4n) is 3.79. The Morgan fingerprint density at radius 3 is 2.68 bits per heavy atom. The number of hydrogen-bond donors (Lipinski definition) is 1. The first-order chi connectivity index (χ1) is 13.5. The second-order valence-electron chi connectivity index (χ2n) is 7.02. The lowest BCUT2D eigenvalue weighted by molar-refractivity contribution is 0.0678. The summed E-state index contributed by atoms with van der Waals surface area (Å²) in [6.45, 7) is 3.75. The molecule has 0 radical (unpaired) electrons. The smallest absolute Gasteiger partial charge is 0.339 e. The van der Waals surface area contributed by atoms with Crippen molar-refractivity contribution in [1.82, 2.24) is 19.2 Å². The van der Waals surface area contributed by atoms with Gasteiger partial charge in [-0.05, 0) is 43.3 Å². The van der Waals surface area contributed by atoms with Crippen LogP contribution in [0.4, 0.5) is 0 Å². The summed E-state index contributed by atoms with van der Waals surface area (Å²) in [7, 11) is 0. The highest BCUT2D eigenvalue weighted by atomic mass is 32.1. The Bertz CT molecular complexity index is 981. The molecule has 8 heteroatoms. The van der Waals surface area contributed by atoms with E-state index < -0.39 is 5.97 Å². The Hall–Kier alpha value is -2.87. The number of amides is 1. The summed E-state index contributed by atoms with van der Waals surface area (Å²) >= 11 is 1.68. The third-order valence-electron chi connectivity index (χ3n) is 5.33. The van der Waals surface area contributed by atoms with Gasteiger partial charge in [0.25, 0.3) is 5.91 Å². The lowest BCUT2D eigenvalue weighted by atomic mass is 10.0. The number of piperidine rings is 1. The molecule has 7 nitrogen and oxygen atoms in total. The first kappa shape index (κ1) is 18.5. The molecule has 4 heterocycles. The monoisotopic (exact) mass is 398 g/mol. The highest BCUT2D eigenvalue weighted by Gasteiger charge is 2.28. The van der Waals surface area contributed by atoms with E-state index in [0.29, 0.717) is 31.0 Å². The molecule has 1 saturated heterocycles. The first-order valence-electron chi connectivity index (χ1n) is 9.29. The molecule has 3 aromatic heterocycles. The molecule has 1 aliphatic heterocycles. The van der Waals surface area contributed by atoms with Crippen molar-refractivity contribution in [3.05, 3.63) is 63.9 Å². The van der Waals surface area contributed by atoms with E-state index in [1.165, 1.54) is 11.1 Å². The SMILES string of the molecule is Cc1c(C(=O)O)cnn1C1CCN(C(=O)c2cccn2Cc2cccs2)CC1. The number of aromatic carboxylic acids is 1. The van der Waals surface area contributed by atoms with Gasteiger partial charge in [-0.2, -0.15) is 5.10 Å². The Kier molecular flexibility index (Phi) is 5.04. The Morgan fingerprint density at radius 1 is 1.25 bits per heavy atom. The first-order valence-corrected chi connectivity index (χ1v) is 10.2. The largest absolute Gasteiger partial charge is 0.478 e. The van der Waals surface area contributed by atoms with Crippen LogP contribution in [0, 0.1) is 6.92 Å². The molecule has 0 spiro atoms. The van der Waals surface area contributed by atoms with Crippen LogP contribution in [-0.4, -0.2) is 49.3 Å². The minimum Gasteiger partial charge on any atom is -0.478 e. The standard InChI is InChI=1S/C20H22N4O3S/c1-14-17(20(26)27)12-21-24(14)15-6-9-22(10-7-15)19(25)18-5-2-8-23(18)13-16-4-3-11-28-16/h2-5,8,11-12,15H,6-7,9-10,13H2,1H3,(H,26,27). The number of carboxylic acids is 1. The fraction of sp³-hybridized carbons (Fsp3) is 0.350. The van der Waals surface area contributed by atoms with Crippen molar-refractivity contribution in [2.75, 3.05) is 13.1 Å². The molecule has 1 fully saturated rings. The summed E-state index contributed by atoms with van der Waals surface area (Å²) in [5, 5.41) is 15.5. The van der Waals surface area contributed by atoms with Crippen molar-refractivity contribution >= 4 is 23.2 Å². The molecule has 0 unspecified atom stereocenters. The van der Waals surface area contributed by atoms with E-state index >= 15 is 0 Å². The summed E-state index contributed by atoms with van der Waals surface area (Å²) in [6.07, 6.45) is 4.88. The molecule has 0 aliphatic carbocycles. The average molecular weight is 398 g/mol. The lowest BCUT2D eigenvalue weighted by Crippen LogP contribution is -2.40. The van der Waals surface area contributed by atoms with Crippen LogP contribution in [0.3, 0.4) is 0 Å². The van der Waals surface area contributed by atoms with E-state index in [1.54, 1.807) is 22.9 Å². The second-order valence-corrected chi connectivity index (χ2v) is 8.05. The van der Waals surface area contributed by atoms with Gasteiger partial charge in [-0.3, -0.25) is 9.48 Å². The molecule has 4 rings (SSSR count).